The van der Waals surface area contributed by atoms with E-state index in [2.05, 4.69) is 17.1 Å². The number of aliphatic hydroxyl groups excluding tert-OH is 1. The van der Waals surface area contributed by atoms with Crippen LogP contribution in [0.25, 0.3) is 0 Å². The lowest BCUT2D eigenvalue weighted by molar-refractivity contribution is 0.0853. The van der Waals surface area contributed by atoms with Crippen LogP contribution in [-0.2, 0) is 0 Å². The lowest BCUT2D eigenvalue weighted by atomic mass is 9.87. The lowest BCUT2D eigenvalue weighted by Crippen LogP contribution is -2.53. The second-order valence-electron chi connectivity index (χ2n) is 8.61. The Bertz CT molecular complexity index is 339. The quantitative estimate of drug-likeness (QED) is 0.719. The summed E-state index contributed by atoms with van der Waals surface area (Å²) in [6.45, 7) is 6.56. The smallest absolute Gasteiger partial charge is 0.0431 e. The van der Waals surface area contributed by atoms with Gasteiger partial charge in [-0.05, 0) is 76.2 Å². The maximum Gasteiger partial charge on any atom is 0.0431 e. The van der Waals surface area contributed by atoms with Gasteiger partial charge in [0.05, 0.1) is 0 Å². The molecule has 1 aliphatic heterocycles. The molecular weight excluding hydrogens is 284 g/mol. The van der Waals surface area contributed by atoms with E-state index in [1.165, 1.54) is 77.4 Å². The highest BCUT2D eigenvalue weighted by Gasteiger charge is 2.36. The fourth-order valence-electron chi connectivity index (χ4n) is 4.91. The summed E-state index contributed by atoms with van der Waals surface area (Å²) in [5.74, 6) is 2.67. The Morgan fingerprint density at radius 3 is 2.52 bits per heavy atom. The minimum Gasteiger partial charge on any atom is -0.396 e. The van der Waals surface area contributed by atoms with Crippen molar-refractivity contribution in [1.29, 1.82) is 0 Å². The van der Waals surface area contributed by atoms with Crippen molar-refractivity contribution >= 4 is 0 Å². The zero-order valence-corrected chi connectivity index (χ0v) is 15.2. The average molecular weight is 323 g/mol. The molecule has 0 spiro atoms. The molecule has 1 saturated heterocycles. The molecule has 3 rings (SSSR count). The molecule has 0 bridgehead atoms. The maximum atomic E-state index is 9.18. The SMILES string of the molecule is CC(C1CC1)N1CC(CCCO)CC(NCC2CCCCC2)C1. The molecule has 0 aromatic carbocycles. The van der Waals surface area contributed by atoms with Gasteiger partial charge in [0.1, 0.15) is 0 Å². The van der Waals surface area contributed by atoms with Gasteiger partial charge in [-0.25, -0.2) is 0 Å². The molecule has 2 saturated carbocycles. The van der Waals surface area contributed by atoms with Crippen molar-refractivity contribution in [3.8, 4) is 0 Å². The van der Waals surface area contributed by atoms with E-state index in [-0.39, 0.29) is 0 Å². The third-order valence-electron chi connectivity index (χ3n) is 6.64. The molecular formula is C20H38N2O. The molecule has 3 nitrogen and oxygen atoms in total. The Morgan fingerprint density at radius 1 is 1.04 bits per heavy atom. The van der Waals surface area contributed by atoms with Crippen LogP contribution in [0, 0.1) is 17.8 Å². The summed E-state index contributed by atoms with van der Waals surface area (Å²) in [7, 11) is 0. The lowest BCUT2D eigenvalue weighted by Gasteiger charge is -2.42. The molecule has 0 amide bonds. The number of nitrogens with zero attached hydrogens (tertiary/aromatic N) is 1. The predicted octanol–water partition coefficient (Wildman–Crippen LogP) is 3.42. The number of aliphatic hydroxyl groups is 1. The first-order chi connectivity index (χ1) is 11.3. The Labute approximate surface area is 143 Å². The van der Waals surface area contributed by atoms with Gasteiger partial charge in [0.2, 0.25) is 0 Å². The van der Waals surface area contributed by atoms with Gasteiger partial charge in [0, 0.05) is 31.8 Å². The summed E-state index contributed by atoms with van der Waals surface area (Å²) in [5, 5.41) is 13.1. The third kappa shape index (κ3) is 5.44. The van der Waals surface area contributed by atoms with Crippen molar-refractivity contribution in [2.75, 3.05) is 26.2 Å². The van der Waals surface area contributed by atoms with E-state index >= 15 is 0 Å². The van der Waals surface area contributed by atoms with Crippen LogP contribution >= 0.6 is 0 Å². The van der Waals surface area contributed by atoms with Crippen LogP contribution in [0.15, 0.2) is 0 Å². The van der Waals surface area contributed by atoms with Crippen LogP contribution in [0.4, 0.5) is 0 Å². The molecule has 3 heteroatoms. The highest BCUT2D eigenvalue weighted by Crippen LogP contribution is 2.37. The first-order valence-corrected chi connectivity index (χ1v) is 10.3. The van der Waals surface area contributed by atoms with E-state index in [9.17, 15) is 5.11 Å². The predicted molar refractivity (Wildman–Crippen MR) is 96.6 cm³/mol. The summed E-state index contributed by atoms with van der Waals surface area (Å²) in [6, 6.07) is 1.45. The highest BCUT2D eigenvalue weighted by atomic mass is 16.2. The first-order valence-electron chi connectivity index (χ1n) is 10.3. The summed E-state index contributed by atoms with van der Waals surface area (Å²) in [4.78, 5) is 2.77. The fourth-order valence-corrected chi connectivity index (χ4v) is 4.91. The molecule has 23 heavy (non-hydrogen) atoms. The van der Waals surface area contributed by atoms with Crippen molar-refractivity contribution in [3.63, 3.8) is 0 Å². The Balaban J connectivity index is 1.49. The number of likely N-dealkylation sites (tertiary alicyclic amines) is 1. The summed E-state index contributed by atoms with van der Waals surface area (Å²) < 4.78 is 0. The average Bonchev–Trinajstić information content (AvgIpc) is 3.43. The van der Waals surface area contributed by atoms with Crippen LogP contribution in [-0.4, -0.2) is 48.3 Å². The molecule has 0 aromatic heterocycles. The zero-order chi connectivity index (χ0) is 16.1. The van der Waals surface area contributed by atoms with Gasteiger partial charge in [-0.2, -0.15) is 0 Å². The normalized spacial score (nSPS) is 32.1. The van der Waals surface area contributed by atoms with Crippen molar-refractivity contribution in [1.82, 2.24) is 10.2 Å². The van der Waals surface area contributed by atoms with Crippen molar-refractivity contribution in [3.05, 3.63) is 0 Å². The summed E-state index contributed by atoms with van der Waals surface area (Å²) >= 11 is 0. The van der Waals surface area contributed by atoms with E-state index in [0.717, 1.165) is 30.2 Å². The minimum absolute atomic E-state index is 0.356. The van der Waals surface area contributed by atoms with Gasteiger partial charge in [-0.3, -0.25) is 4.90 Å². The minimum atomic E-state index is 0.356. The highest BCUT2D eigenvalue weighted by molar-refractivity contribution is 4.92. The number of piperidine rings is 1. The van der Waals surface area contributed by atoms with E-state index < -0.39 is 0 Å². The Hall–Kier alpha value is -0.120. The molecule has 1 heterocycles. The fraction of sp³-hybridized carbons (Fsp3) is 1.00. The summed E-state index contributed by atoms with van der Waals surface area (Å²) in [6.07, 6.45) is 13.6. The number of rotatable bonds is 8. The molecule has 3 aliphatic rings. The van der Waals surface area contributed by atoms with Crippen LogP contribution in [0.5, 0.6) is 0 Å². The van der Waals surface area contributed by atoms with Crippen molar-refractivity contribution in [2.24, 2.45) is 17.8 Å². The van der Waals surface area contributed by atoms with E-state index in [0.29, 0.717) is 12.6 Å². The molecule has 2 N–H and O–H groups in total. The largest absolute Gasteiger partial charge is 0.396 e. The van der Waals surface area contributed by atoms with Gasteiger partial charge in [-0.1, -0.05) is 19.3 Å². The maximum absolute atomic E-state index is 9.18. The van der Waals surface area contributed by atoms with Crippen LogP contribution in [0.2, 0.25) is 0 Å². The molecule has 3 fully saturated rings. The molecule has 134 valence electrons. The Kier molecular flexibility index (Phi) is 6.79. The van der Waals surface area contributed by atoms with E-state index in [4.69, 9.17) is 0 Å². The number of hydrogen-bond donors (Lipinski definition) is 2. The van der Waals surface area contributed by atoms with E-state index in [1.54, 1.807) is 0 Å². The molecule has 3 atom stereocenters. The molecule has 0 radical (unpaired) electrons. The van der Waals surface area contributed by atoms with Gasteiger partial charge in [0.15, 0.2) is 0 Å². The monoisotopic (exact) mass is 322 g/mol. The number of hydrogen-bond acceptors (Lipinski definition) is 3. The van der Waals surface area contributed by atoms with Crippen molar-refractivity contribution < 1.29 is 5.11 Å². The van der Waals surface area contributed by atoms with Gasteiger partial charge < -0.3 is 10.4 Å². The Morgan fingerprint density at radius 2 is 1.83 bits per heavy atom. The van der Waals surface area contributed by atoms with Crippen LogP contribution < -0.4 is 5.32 Å². The molecule has 2 aliphatic carbocycles. The standard InChI is InChI=1S/C20H38N2O/c1-16(19-9-10-19)22-14-18(8-5-11-23)12-20(15-22)21-13-17-6-3-2-4-7-17/h16-21,23H,2-15H2,1H3. The summed E-state index contributed by atoms with van der Waals surface area (Å²) in [5.41, 5.74) is 0. The molecule has 0 aromatic rings. The number of nitrogens with one attached hydrogen (secondary N) is 1. The zero-order valence-electron chi connectivity index (χ0n) is 15.2. The second-order valence-corrected chi connectivity index (χ2v) is 8.61. The van der Waals surface area contributed by atoms with Crippen LogP contribution in [0.3, 0.4) is 0 Å². The van der Waals surface area contributed by atoms with Gasteiger partial charge in [-0.15, -0.1) is 0 Å². The topological polar surface area (TPSA) is 35.5 Å². The van der Waals surface area contributed by atoms with E-state index in [1.807, 2.05) is 0 Å². The second kappa shape index (κ2) is 8.82. The van der Waals surface area contributed by atoms with Crippen LogP contribution in [0.1, 0.15) is 71.1 Å². The van der Waals surface area contributed by atoms with Crippen molar-refractivity contribution in [2.45, 2.75) is 83.2 Å². The molecule has 3 unspecified atom stereocenters. The van der Waals surface area contributed by atoms with Gasteiger partial charge >= 0.3 is 0 Å². The third-order valence-corrected chi connectivity index (χ3v) is 6.64. The van der Waals surface area contributed by atoms with Gasteiger partial charge in [0.25, 0.3) is 0 Å². The first kappa shape index (κ1) is 17.7.